The van der Waals surface area contributed by atoms with E-state index in [1.165, 1.54) is 0 Å². The number of piperidine rings is 1. The molecule has 0 bridgehead atoms. The summed E-state index contributed by atoms with van der Waals surface area (Å²) < 4.78 is 5.70. The Hall–Kier alpha value is -2.54. The van der Waals surface area contributed by atoms with Gasteiger partial charge >= 0.3 is 0 Å². The lowest BCUT2D eigenvalue weighted by Crippen LogP contribution is -2.49. The number of nitrogens with zero attached hydrogens (tertiary/aromatic N) is 2. The lowest BCUT2D eigenvalue weighted by Gasteiger charge is -2.32. The molecule has 7 heteroatoms. The molecule has 148 valence electrons. The van der Waals surface area contributed by atoms with Crippen molar-refractivity contribution in [2.45, 2.75) is 32.4 Å². The van der Waals surface area contributed by atoms with Gasteiger partial charge < -0.3 is 21.1 Å². The molecule has 0 unspecified atom stereocenters. The summed E-state index contributed by atoms with van der Waals surface area (Å²) in [7, 11) is 0. The molecule has 0 spiro atoms. The van der Waals surface area contributed by atoms with E-state index in [0.29, 0.717) is 25.7 Å². The summed E-state index contributed by atoms with van der Waals surface area (Å²) in [4.78, 5) is 17.9. The zero-order valence-corrected chi connectivity index (χ0v) is 16.1. The zero-order valence-electron chi connectivity index (χ0n) is 16.1. The van der Waals surface area contributed by atoms with Crippen molar-refractivity contribution in [3.63, 3.8) is 0 Å². The highest BCUT2D eigenvalue weighted by Crippen LogP contribution is 2.19. The van der Waals surface area contributed by atoms with Gasteiger partial charge in [0.1, 0.15) is 12.4 Å². The van der Waals surface area contributed by atoms with E-state index < -0.39 is 0 Å². The van der Waals surface area contributed by atoms with E-state index in [2.05, 4.69) is 22.1 Å². The van der Waals surface area contributed by atoms with Gasteiger partial charge in [-0.05, 0) is 25.8 Å². The van der Waals surface area contributed by atoms with Gasteiger partial charge in [-0.15, -0.1) is 0 Å². The van der Waals surface area contributed by atoms with E-state index in [9.17, 15) is 4.79 Å². The molecule has 1 heterocycles. The Labute approximate surface area is 161 Å². The Kier molecular flexibility index (Phi) is 8.64. The molecule has 1 aromatic rings. The van der Waals surface area contributed by atoms with Crippen LogP contribution in [0.4, 0.5) is 0 Å². The van der Waals surface area contributed by atoms with Gasteiger partial charge in [-0.2, -0.15) is 0 Å². The Morgan fingerprint density at radius 1 is 1.41 bits per heavy atom. The number of amides is 1. The van der Waals surface area contributed by atoms with E-state index in [-0.39, 0.29) is 5.91 Å². The second-order valence-corrected chi connectivity index (χ2v) is 6.56. The molecule has 4 N–H and O–H groups in total. The van der Waals surface area contributed by atoms with Gasteiger partial charge in [0.25, 0.3) is 0 Å². The van der Waals surface area contributed by atoms with Gasteiger partial charge in [0, 0.05) is 31.2 Å². The fourth-order valence-electron chi connectivity index (χ4n) is 3.06. The molecule has 0 aromatic heterocycles. The first-order chi connectivity index (χ1) is 13.1. The SMILES string of the molecule is C=CCOc1ccccc1CN=C(NCC)NC1CCN(CC(N)=O)CC1. The number of carbonyl (C=O) groups is 1. The maximum atomic E-state index is 11.0. The molecule has 1 aliphatic rings. The number of hydrogen-bond acceptors (Lipinski definition) is 4. The van der Waals surface area contributed by atoms with Crippen LogP contribution in [0.5, 0.6) is 5.75 Å². The van der Waals surface area contributed by atoms with Crippen LogP contribution in [0.2, 0.25) is 0 Å². The van der Waals surface area contributed by atoms with Crippen molar-refractivity contribution >= 4 is 11.9 Å². The number of nitrogens with two attached hydrogens (primary N) is 1. The Bertz CT molecular complexity index is 639. The van der Waals surface area contributed by atoms with Crippen LogP contribution in [0.1, 0.15) is 25.3 Å². The first-order valence-electron chi connectivity index (χ1n) is 9.49. The summed E-state index contributed by atoms with van der Waals surface area (Å²) in [5.41, 5.74) is 6.31. The molecule has 27 heavy (non-hydrogen) atoms. The molecular weight excluding hydrogens is 342 g/mol. The van der Waals surface area contributed by atoms with Crippen molar-refractivity contribution in [1.29, 1.82) is 0 Å². The summed E-state index contributed by atoms with van der Waals surface area (Å²) in [6, 6.07) is 8.24. The molecule has 1 saturated heterocycles. The van der Waals surface area contributed by atoms with Crippen LogP contribution < -0.4 is 21.1 Å². The number of guanidine groups is 1. The largest absolute Gasteiger partial charge is 0.489 e. The topological polar surface area (TPSA) is 92.0 Å². The van der Waals surface area contributed by atoms with Crippen molar-refractivity contribution in [2.24, 2.45) is 10.7 Å². The molecule has 1 aromatic carbocycles. The average molecular weight is 374 g/mol. The van der Waals surface area contributed by atoms with Crippen molar-refractivity contribution in [3.05, 3.63) is 42.5 Å². The number of rotatable bonds is 9. The molecule has 1 fully saturated rings. The van der Waals surface area contributed by atoms with Gasteiger partial charge in [-0.3, -0.25) is 9.69 Å². The fraction of sp³-hybridized carbons (Fsp3) is 0.500. The highest BCUT2D eigenvalue weighted by atomic mass is 16.5. The minimum absolute atomic E-state index is 0.270. The van der Waals surface area contributed by atoms with Crippen LogP contribution in [-0.2, 0) is 11.3 Å². The van der Waals surface area contributed by atoms with Gasteiger partial charge in [0.15, 0.2) is 5.96 Å². The van der Waals surface area contributed by atoms with E-state index in [4.69, 9.17) is 15.5 Å². The highest BCUT2D eigenvalue weighted by molar-refractivity contribution is 5.80. The Balaban J connectivity index is 1.93. The van der Waals surface area contributed by atoms with Gasteiger partial charge in [-0.25, -0.2) is 4.99 Å². The molecule has 7 nitrogen and oxygen atoms in total. The summed E-state index contributed by atoms with van der Waals surface area (Å²) in [5, 5.41) is 6.80. The van der Waals surface area contributed by atoms with Crippen molar-refractivity contribution in [3.8, 4) is 5.75 Å². The third-order valence-corrected chi connectivity index (χ3v) is 4.39. The normalized spacial score (nSPS) is 16.0. The summed E-state index contributed by atoms with van der Waals surface area (Å²) in [5.74, 6) is 1.36. The molecule has 0 radical (unpaired) electrons. The number of ether oxygens (including phenoxy) is 1. The molecular formula is C20H31N5O2. The smallest absolute Gasteiger partial charge is 0.231 e. The van der Waals surface area contributed by atoms with Crippen LogP contribution >= 0.6 is 0 Å². The maximum Gasteiger partial charge on any atom is 0.231 e. The summed E-state index contributed by atoms with van der Waals surface area (Å²) in [6.45, 7) is 9.59. The van der Waals surface area contributed by atoms with Gasteiger partial charge in [0.05, 0.1) is 13.1 Å². The number of para-hydroxylation sites is 1. The second kappa shape index (κ2) is 11.2. The lowest BCUT2D eigenvalue weighted by molar-refractivity contribution is -0.119. The van der Waals surface area contributed by atoms with Crippen LogP contribution in [0.15, 0.2) is 41.9 Å². The standard InChI is InChI=1S/C20H31N5O2/c1-3-13-27-18-8-6-5-7-16(18)14-23-20(22-4-2)24-17-9-11-25(12-10-17)15-19(21)26/h3,5-8,17H,1,4,9-15H2,2H3,(H2,21,26)(H2,22,23,24). The number of benzene rings is 1. The first kappa shape index (κ1) is 20.8. The first-order valence-corrected chi connectivity index (χ1v) is 9.49. The van der Waals surface area contributed by atoms with Crippen LogP contribution in [-0.4, -0.2) is 55.6 Å². The predicted molar refractivity (Wildman–Crippen MR) is 109 cm³/mol. The maximum absolute atomic E-state index is 11.0. The van der Waals surface area contributed by atoms with E-state index in [1.54, 1.807) is 6.08 Å². The van der Waals surface area contributed by atoms with Crippen LogP contribution in [0.3, 0.4) is 0 Å². The molecule has 1 aliphatic heterocycles. The molecule has 1 amide bonds. The van der Waals surface area contributed by atoms with Gasteiger partial charge in [-0.1, -0.05) is 30.9 Å². The van der Waals surface area contributed by atoms with Crippen LogP contribution in [0.25, 0.3) is 0 Å². The van der Waals surface area contributed by atoms with E-state index in [1.807, 2.05) is 31.2 Å². The summed E-state index contributed by atoms with van der Waals surface area (Å²) in [6.07, 6.45) is 3.64. The number of carbonyl (C=O) groups excluding carboxylic acids is 1. The number of primary amides is 1. The monoisotopic (exact) mass is 373 g/mol. The van der Waals surface area contributed by atoms with E-state index >= 15 is 0 Å². The molecule has 0 saturated carbocycles. The third-order valence-electron chi connectivity index (χ3n) is 4.39. The Morgan fingerprint density at radius 2 is 2.15 bits per heavy atom. The molecule has 0 atom stereocenters. The number of hydrogen-bond donors (Lipinski definition) is 3. The van der Waals surface area contributed by atoms with E-state index in [0.717, 1.165) is 49.7 Å². The minimum Gasteiger partial charge on any atom is -0.489 e. The quantitative estimate of drug-likeness (QED) is 0.344. The predicted octanol–water partition coefficient (Wildman–Crippen LogP) is 1.26. The van der Waals surface area contributed by atoms with Crippen molar-refractivity contribution in [2.75, 3.05) is 32.8 Å². The van der Waals surface area contributed by atoms with Crippen LogP contribution in [0, 0.1) is 0 Å². The average Bonchev–Trinajstić information content (AvgIpc) is 2.66. The third kappa shape index (κ3) is 7.30. The zero-order chi connectivity index (χ0) is 19.5. The number of nitrogens with one attached hydrogen (secondary N) is 2. The highest BCUT2D eigenvalue weighted by Gasteiger charge is 2.20. The Morgan fingerprint density at radius 3 is 2.81 bits per heavy atom. The fourth-order valence-corrected chi connectivity index (χ4v) is 3.06. The molecule has 0 aliphatic carbocycles. The number of aliphatic imine (C=N–C) groups is 1. The second-order valence-electron chi connectivity index (χ2n) is 6.56. The van der Waals surface area contributed by atoms with Gasteiger partial charge in [0.2, 0.25) is 5.91 Å². The van der Waals surface area contributed by atoms with Crippen molar-refractivity contribution < 1.29 is 9.53 Å². The number of likely N-dealkylation sites (tertiary alicyclic amines) is 1. The molecule has 2 rings (SSSR count). The lowest BCUT2D eigenvalue weighted by atomic mass is 10.1. The van der Waals surface area contributed by atoms with Crippen molar-refractivity contribution in [1.82, 2.24) is 15.5 Å². The summed E-state index contributed by atoms with van der Waals surface area (Å²) >= 11 is 0. The minimum atomic E-state index is -0.270.